The topological polar surface area (TPSA) is 21.6 Å². The van der Waals surface area contributed by atoms with Crippen molar-refractivity contribution in [1.82, 2.24) is 0 Å². The van der Waals surface area contributed by atoms with Crippen molar-refractivity contribution < 1.29 is 4.74 Å². The third-order valence-electron chi connectivity index (χ3n) is 3.94. The third-order valence-corrected chi connectivity index (χ3v) is 4.31. The van der Waals surface area contributed by atoms with Crippen LogP contribution in [0.25, 0.3) is 0 Å². The fraction of sp³-hybridized carbons (Fsp3) is 0.136. The van der Waals surface area contributed by atoms with Crippen molar-refractivity contribution in [1.29, 1.82) is 0 Å². The molecule has 0 aliphatic carbocycles. The van der Waals surface area contributed by atoms with E-state index in [9.17, 15) is 0 Å². The lowest BCUT2D eigenvalue weighted by molar-refractivity contribution is 0.306. The molecule has 0 aliphatic rings. The zero-order valence-electron chi connectivity index (χ0n) is 14.4. The molecular weight excluding hydrogens is 330 g/mol. The molecule has 3 rings (SSSR count). The van der Waals surface area contributed by atoms with Crippen molar-refractivity contribution in [2.45, 2.75) is 20.5 Å². The molecule has 0 aromatic heterocycles. The first kappa shape index (κ1) is 17.2. The van der Waals surface area contributed by atoms with Gasteiger partial charge in [-0.2, -0.15) is 0 Å². The van der Waals surface area contributed by atoms with E-state index in [0.29, 0.717) is 6.61 Å². The van der Waals surface area contributed by atoms with Crippen LogP contribution in [0.5, 0.6) is 5.75 Å². The minimum Gasteiger partial charge on any atom is -0.489 e. The van der Waals surface area contributed by atoms with Gasteiger partial charge in [0.2, 0.25) is 0 Å². The second-order valence-corrected chi connectivity index (χ2v) is 6.40. The summed E-state index contributed by atoms with van der Waals surface area (Å²) in [4.78, 5) is 4.57. The van der Waals surface area contributed by atoms with Gasteiger partial charge in [0.05, 0.1) is 5.69 Å². The Hall–Kier alpha value is -2.58. The molecule has 0 bridgehead atoms. The van der Waals surface area contributed by atoms with E-state index in [-0.39, 0.29) is 0 Å². The molecule has 3 heteroatoms. The van der Waals surface area contributed by atoms with Gasteiger partial charge in [-0.1, -0.05) is 47.5 Å². The van der Waals surface area contributed by atoms with Crippen LogP contribution in [0.1, 0.15) is 22.3 Å². The van der Waals surface area contributed by atoms with Gasteiger partial charge >= 0.3 is 0 Å². The number of aryl methyl sites for hydroxylation is 2. The summed E-state index contributed by atoms with van der Waals surface area (Å²) in [5, 5.41) is 0.722. The lowest BCUT2D eigenvalue weighted by Gasteiger charge is -2.08. The summed E-state index contributed by atoms with van der Waals surface area (Å²) in [6, 6.07) is 21.8. The van der Waals surface area contributed by atoms with E-state index in [1.807, 2.05) is 60.8 Å². The number of hydrogen-bond donors (Lipinski definition) is 0. The van der Waals surface area contributed by atoms with Crippen LogP contribution in [0.4, 0.5) is 5.69 Å². The largest absolute Gasteiger partial charge is 0.489 e. The van der Waals surface area contributed by atoms with Crippen molar-refractivity contribution in [3.8, 4) is 5.75 Å². The molecule has 0 heterocycles. The minimum absolute atomic E-state index is 0.454. The van der Waals surface area contributed by atoms with Crippen LogP contribution in [0.3, 0.4) is 0 Å². The van der Waals surface area contributed by atoms with Gasteiger partial charge in [-0.3, -0.25) is 4.99 Å². The van der Waals surface area contributed by atoms with Crippen LogP contribution in [-0.4, -0.2) is 6.21 Å². The summed E-state index contributed by atoms with van der Waals surface area (Å²) in [6.07, 6.45) is 1.87. The van der Waals surface area contributed by atoms with Crippen molar-refractivity contribution in [2.75, 3.05) is 0 Å². The van der Waals surface area contributed by atoms with Gasteiger partial charge in [0.25, 0.3) is 0 Å². The maximum Gasteiger partial charge on any atom is 0.119 e. The van der Waals surface area contributed by atoms with E-state index in [0.717, 1.165) is 27.6 Å². The van der Waals surface area contributed by atoms with E-state index in [2.05, 4.69) is 31.0 Å². The van der Waals surface area contributed by atoms with E-state index >= 15 is 0 Å². The van der Waals surface area contributed by atoms with Gasteiger partial charge in [-0.25, -0.2) is 0 Å². The molecule has 0 aliphatic heterocycles. The molecule has 0 atom stereocenters. The molecule has 126 valence electrons. The minimum atomic E-state index is 0.454. The Morgan fingerprint density at radius 1 is 0.960 bits per heavy atom. The standard InChI is InChI=1S/C22H20ClNO/c1-16-7-12-22(17(2)13-16)24-14-18-8-10-20(11-9-18)25-15-19-5-3-4-6-21(19)23/h3-14H,15H2,1-2H3. The number of aliphatic imine (C=N–C) groups is 1. The number of hydrogen-bond acceptors (Lipinski definition) is 2. The highest BCUT2D eigenvalue weighted by Crippen LogP contribution is 2.21. The average Bonchev–Trinajstić information content (AvgIpc) is 2.61. The number of benzene rings is 3. The average molecular weight is 350 g/mol. The Balaban J connectivity index is 1.64. The number of nitrogens with zero attached hydrogens (tertiary/aromatic N) is 1. The van der Waals surface area contributed by atoms with Crippen LogP contribution in [0, 0.1) is 13.8 Å². The molecule has 0 amide bonds. The van der Waals surface area contributed by atoms with Gasteiger partial charge in [0.15, 0.2) is 0 Å². The van der Waals surface area contributed by atoms with Crippen LogP contribution in [0.15, 0.2) is 71.7 Å². The van der Waals surface area contributed by atoms with E-state index in [1.54, 1.807) is 0 Å². The predicted molar refractivity (Wildman–Crippen MR) is 105 cm³/mol. The van der Waals surface area contributed by atoms with Crippen molar-refractivity contribution >= 4 is 23.5 Å². The zero-order valence-corrected chi connectivity index (χ0v) is 15.1. The quantitative estimate of drug-likeness (QED) is 0.496. The number of rotatable bonds is 5. The molecule has 3 aromatic carbocycles. The van der Waals surface area contributed by atoms with Crippen molar-refractivity contribution in [2.24, 2.45) is 4.99 Å². The SMILES string of the molecule is Cc1ccc(N=Cc2ccc(OCc3ccccc3Cl)cc2)c(C)c1. The summed E-state index contributed by atoms with van der Waals surface area (Å²) >= 11 is 6.14. The summed E-state index contributed by atoms with van der Waals surface area (Å²) < 4.78 is 5.79. The maximum absolute atomic E-state index is 6.14. The predicted octanol–water partition coefficient (Wildman–Crippen LogP) is 6.29. The van der Waals surface area contributed by atoms with Gasteiger partial charge < -0.3 is 4.74 Å². The molecule has 0 radical (unpaired) electrons. The Kier molecular flexibility index (Phi) is 5.52. The fourth-order valence-electron chi connectivity index (χ4n) is 2.52. The molecule has 0 saturated carbocycles. The first-order valence-electron chi connectivity index (χ1n) is 8.19. The summed E-state index contributed by atoms with van der Waals surface area (Å²) in [5.74, 6) is 0.809. The van der Waals surface area contributed by atoms with Crippen LogP contribution in [0.2, 0.25) is 5.02 Å². The Morgan fingerprint density at radius 3 is 2.44 bits per heavy atom. The molecule has 0 saturated heterocycles. The molecule has 3 aromatic rings. The third kappa shape index (κ3) is 4.71. The van der Waals surface area contributed by atoms with Crippen LogP contribution >= 0.6 is 11.6 Å². The first-order chi connectivity index (χ1) is 12.1. The number of ether oxygens (including phenoxy) is 1. The highest BCUT2D eigenvalue weighted by molar-refractivity contribution is 6.31. The first-order valence-corrected chi connectivity index (χ1v) is 8.57. The fourth-order valence-corrected chi connectivity index (χ4v) is 2.71. The van der Waals surface area contributed by atoms with Gasteiger partial charge in [0, 0.05) is 16.8 Å². The highest BCUT2D eigenvalue weighted by atomic mass is 35.5. The molecule has 2 nitrogen and oxygen atoms in total. The molecule has 25 heavy (non-hydrogen) atoms. The second kappa shape index (κ2) is 8.00. The summed E-state index contributed by atoms with van der Waals surface area (Å²) in [5.41, 5.74) is 5.42. The lowest BCUT2D eigenvalue weighted by Crippen LogP contribution is -1.96. The van der Waals surface area contributed by atoms with Gasteiger partial charge in [-0.05, 0) is 61.4 Å². The second-order valence-electron chi connectivity index (χ2n) is 6.00. The highest BCUT2D eigenvalue weighted by Gasteiger charge is 2.01. The monoisotopic (exact) mass is 349 g/mol. The smallest absolute Gasteiger partial charge is 0.119 e. The van der Waals surface area contributed by atoms with E-state index in [4.69, 9.17) is 16.3 Å². The Morgan fingerprint density at radius 2 is 1.72 bits per heavy atom. The van der Waals surface area contributed by atoms with Gasteiger partial charge in [-0.15, -0.1) is 0 Å². The summed E-state index contributed by atoms with van der Waals surface area (Å²) in [7, 11) is 0. The summed E-state index contributed by atoms with van der Waals surface area (Å²) in [6.45, 7) is 4.61. The lowest BCUT2D eigenvalue weighted by atomic mass is 10.1. The van der Waals surface area contributed by atoms with Crippen LogP contribution in [-0.2, 0) is 6.61 Å². The maximum atomic E-state index is 6.14. The molecule has 0 spiro atoms. The van der Waals surface area contributed by atoms with Crippen molar-refractivity contribution in [3.63, 3.8) is 0 Å². The Bertz CT molecular complexity index is 885. The van der Waals surface area contributed by atoms with E-state index < -0.39 is 0 Å². The zero-order chi connectivity index (χ0) is 17.6. The molecule has 0 N–H and O–H groups in total. The normalized spacial score (nSPS) is 11.0. The van der Waals surface area contributed by atoms with Crippen molar-refractivity contribution in [3.05, 3.63) is 94.0 Å². The Labute approximate surface area is 153 Å². The van der Waals surface area contributed by atoms with Crippen LogP contribution < -0.4 is 4.74 Å². The number of halogens is 1. The van der Waals surface area contributed by atoms with E-state index in [1.165, 1.54) is 11.1 Å². The molecule has 0 unspecified atom stereocenters. The molecule has 0 fully saturated rings. The molecular formula is C22H20ClNO. The van der Waals surface area contributed by atoms with Gasteiger partial charge in [0.1, 0.15) is 12.4 Å².